The number of nitrogens with one attached hydrogen (secondary N) is 2. The number of piperidine rings is 1. The highest BCUT2D eigenvalue weighted by Gasteiger charge is 2.38. The van der Waals surface area contributed by atoms with E-state index in [-0.39, 0.29) is 29.5 Å². The van der Waals surface area contributed by atoms with E-state index in [1.807, 2.05) is 24.3 Å². The average Bonchev–Trinajstić information content (AvgIpc) is 3.36. The van der Waals surface area contributed by atoms with Crippen molar-refractivity contribution >= 4 is 23.3 Å². The van der Waals surface area contributed by atoms with Crippen LogP contribution in [0.25, 0.3) is 11.4 Å². The smallest absolute Gasteiger partial charge is 0.321 e. The molecule has 1 atom stereocenters. The van der Waals surface area contributed by atoms with Crippen LogP contribution in [0, 0.1) is 11.7 Å². The minimum atomic E-state index is -0.489. The van der Waals surface area contributed by atoms with E-state index < -0.39 is 5.82 Å². The zero-order valence-electron chi connectivity index (χ0n) is 20.0. The van der Waals surface area contributed by atoms with Crippen molar-refractivity contribution in [3.05, 3.63) is 59.7 Å². The highest BCUT2D eigenvalue weighted by atomic mass is 19.1. The molecule has 1 aromatic heterocycles. The number of nitrogens with zero attached hydrogens (tertiary/aromatic N) is 4. The largest absolute Gasteiger partial charge is 0.325 e. The van der Waals surface area contributed by atoms with Crippen molar-refractivity contribution in [1.82, 2.24) is 19.7 Å². The number of rotatable bonds is 3. The number of fused-ring (bicyclic) bond motifs is 2. The first-order valence-corrected chi connectivity index (χ1v) is 12.8. The standard InChI is InChI=1S/C27H29FN6O2/c28-20-10-9-18(25-32-31-23-8-2-1-5-13-34(23)25)16-22(20)30-27(36)33-14-11-17(12-15-33)24-19-6-3-4-7-21(19)29-26(24)35/h3-4,6-7,9-10,16-17,24H,1-2,5,8,11-15H2,(H,29,35)(H,30,36). The van der Waals surface area contributed by atoms with Crippen molar-refractivity contribution in [2.45, 2.75) is 51.0 Å². The number of benzene rings is 2. The Morgan fingerprint density at radius 2 is 1.86 bits per heavy atom. The van der Waals surface area contributed by atoms with Gasteiger partial charge in [0, 0.05) is 37.3 Å². The van der Waals surface area contributed by atoms with Crippen molar-refractivity contribution < 1.29 is 14.0 Å². The molecule has 4 heterocycles. The molecule has 8 nitrogen and oxygen atoms in total. The molecule has 0 bridgehead atoms. The maximum absolute atomic E-state index is 14.7. The minimum Gasteiger partial charge on any atom is -0.325 e. The van der Waals surface area contributed by atoms with E-state index in [9.17, 15) is 14.0 Å². The third kappa shape index (κ3) is 4.12. The highest BCUT2D eigenvalue weighted by Crippen LogP contribution is 2.41. The third-order valence-electron chi connectivity index (χ3n) is 7.71. The van der Waals surface area contributed by atoms with Gasteiger partial charge < -0.3 is 20.1 Å². The van der Waals surface area contributed by atoms with Gasteiger partial charge >= 0.3 is 6.03 Å². The van der Waals surface area contributed by atoms with Crippen LogP contribution in [-0.4, -0.2) is 44.7 Å². The van der Waals surface area contributed by atoms with Crippen molar-refractivity contribution in [3.8, 4) is 11.4 Å². The van der Waals surface area contributed by atoms with Gasteiger partial charge in [-0.05, 0) is 61.4 Å². The van der Waals surface area contributed by atoms with E-state index >= 15 is 0 Å². The van der Waals surface area contributed by atoms with Crippen LogP contribution < -0.4 is 10.6 Å². The van der Waals surface area contributed by atoms with Gasteiger partial charge in [-0.2, -0.15) is 0 Å². The van der Waals surface area contributed by atoms with Gasteiger partial charge in [0.15, 0.2) is 5.82 Å². The molecule has 0 spiro atoms. The number of hydrogen-bond acceptors (Lipinski definition) is 4. The molecular weight excluding hydrogens is 459 g/mol. The topological polar surface area (TPSA) is 92.2 Å². The van der Waals surface area contributed by atoms with Crippen molar-refractivity contribution in [2.75, 3.05) is 23.7 Å². The normalized spacial score (nSPS) is 19.9. The van der Waals surface area contributed by atoms with E-state index in [0.29, 0.717) is 31.8 Å². The fourth-order valence-corrected chi connectivity index (χ4v) is 5.79. The number of urea groups is 1. The lowest BCUT2D eigenvalue weighted by Crippen LogP contribution is -2.42. The lowest BCUT2D eigenvalue weighted by atomic mass is 9.81. The predicted molar refractivity (Wildman–Crippen MR) is 134 cm³/mol. The number of para-hydroxylation sites is 1. The summed E-state index contributed by atoms with van der Waals surface area (Å²) >= 11 is 0. The average molecular weight is 489 g/mol. The Balaban J connectivity index is 1.13. The van der Waals surface area contributed by atoms with Gasteiger partial charge in [-0.1, -0.05) is 24.6 Å². The molecular formula is C27H29FN6O2. The third-order valence-corrected chi connectivity index (χ3v) is 7.71. The quantitative estimate of drug-likeness (QED) is 0.555. The molecule has 3 aliphatic rings. The number of hydrogen-bond donors (Lipinski definition) is 2. The second-order valence-electron chi connectivity index (χ2n) is 9.91. The van der Waals surface area contributed by atoms with Gasteiger partial charge in [-0.25, -0.2) is 9.18 Å². The molecule has 6 rings (SSSR count). The SMILES string of the molecule is O=C1Nc2ccccc2C1C1CCN(C(=O)Nc2cc(-c3nnc4n3CCCCC4)ccc2F)CC1. The number of carbonyl (C=O) groups is 2. The molecule has 9 heteroatoms. The van der Waals surface area contributed by atoms with Crippen LogP contribution in [-0.2, 0) is 17.8 Å². The molecule has 1 fully saturated rings. The number of amides is 3. The van der Waals surface area contributed by atoms with Gasteiger partial charge in [0.2, 0.25) is 5.91 Å². The summed E-state index contributed by atoms with van der Waals surface area (Å²) in [6, 6.07) is 12.2. The molecule has 36 heavy (non-hydrogen) atoms. The van der Waals surface area contributed by atoms with Crippen molar-refractivity contribution in [3.63, 3.8) is 0 Å². The first-order chi connectivity index (χ1) is 17.6. The minimum absolute atomic E-state index is 0.0318. The molecule has 0 saturated carbocycles. The van der Waals surface area contributed by atoms with Crippen LogP contribution in [0.3, 0.4) is 0 Å². The van der Waals surface area contributed by atoms with Gasteiger partial charge in [-0.3, -0.25) is 4.79 Å². The maximum Gasteiger partial charge on any atom is 0.321 e. The van der Waals surface area contributed by atoms with Crippen molar-refractivity contribution in [1.29, 1.82) is 0 Å². The van der Waals surface area contributed by atoms with E-state index in [0.717, 1.165) is 54.9 Å². The second kappa shape index (κ2) is 9.37. The summed E-state index contributed by atoms with van der Waals surface area (Å²) in [7, 11) is 0. The predicted octanol–water partition coefficient (Wildman–Crippen LogP) is 4.79. The van der Waals surface area contributed by atoms with Gasteiger partial charge in [0.1, 0.15) is 11.6 Å². The van der Waals surface area contributed by atoms with Crippen LogP contribution in [0.1, 0.15) is 49.4 Å². The molecule has 186 valence electrons. The molecule has 1 unspecified atom stereocenters. The van der Waals surface area contributed by atoms with Gasteiger partial charge in [0.25, 0.3) is 0 Å². The fourth-order valence-electron chi connectivity index (χ4n) is 5.79. The van der Waals surface area contributed by atoms with Crippen LogP contribution in [0.5, 0.6) is 0 Å². The monoisotopic (exact) mass is 488 g/mol. The zero-order valence-corrected chi connectivity index (χ0v) is 20.0. The lowest BCUT2D eigenvalue weighted by Gasteiger charge is -2.34. The Morgan fingerprint density at radius 1 is 1.03 bits per heavy atom. The highest BCUT2D eigenvalue weighted by molar-refractivity contribution is 6.03. The van der Waals surface area contributed by atoms with Crippen LogP contribution in [0.4, 0.5) is 20.6 Å². The van der Waals surface area contributed by atoms with E-state index in [4.69, 9.17) is 0 Å². The lowest BCUT2D eigenvalue weighted by molar-refractivity contribution is -0.118. The number of anilines is 2. The number of carbonyl (C=O) groups excluding carboxylic acids is 2. The van der Waals surface area contributed by atoms with E-state index in [1.54, 1.807) is 17.0 Å². The molecule has 2 N–H and O–H groups in total. The molecule has 3 amide bonds. The van der Waals surface area contributed by atoms with Gasteiger partial charge in [-0.15, -0.1) is 10.2 Å². The summed E-state index contributed by atoms with van der Waals surface area (Å²) in [6.07, 6.45) is 5.64. The zero-order chi connectivity index (χ0) is 24.6. The molecule has 0 aliphatic carbocycles. The molecule has 1 saturated heterocycles. The van der Waals surface area contributed by atoms with Crippen LogP contribution in [0.2, 0.25) is 0 Å². The van der Waals surface area contributed by atoms with Crippen LogP contribution >= 0.6 is 0 Å². The summed E-state index contributed by atoms with van der Waals surface area (Å²) in [5.74, 6) is 1.19. The number of likely N-dealkylation sites (tertiary alicyclic amines) is 1. The Hall–Kier alpha value is -3.75. The molecule has 2 aromatic carbocycles. The Bertz CT molecular complexity index is 1310. The Labute approximate surface area is 208 Å². The summed E-state index contributed by atoms with van der Waals surface area (Å²) in [4.78, 5) is 27.3. The molecule has 3 aromatic rings. The van der Waals surface area contributed by atoms with Gasteiger partial charge in [0.05, 0.1) is 11.6 Å². The first-order valence-electron chi connectivity index (χ1n) is 12.8. The molecule has 0 radical (unpaired) electrons. The number of aryl methyl sites for hydroxylation is 1. The van der Waals surface area contributed by atoms with Crippen LogP contribution in [0.15, 0.2) is 42.5 Å². The second-order valence-corrected chi connectivity index (χ2v) is 9.91. The Morgan fingerprint density at radius 3 is 2.72 bits per heavy atom. The fraction of sp³-hybridized carbons (Fsp3) is 0.407. The maximum atomic E-state index is 14.7. The summed E-state index contributed by atoms with van der Waals surface area (Å²) < 4.78 is 16.8. The van der Waals surface area contributed by atoms with Crippen molar-refractivity contribution in [2.24, 2.45) is 5.92 Å². The molecule has 3 aliphatic heterocycles. The summed E-state index contributed by atoms with van der Waals surface area (Å²) in [5, 5.41) is 14.4. The summed E-state index contributed by atoms with van der Waals surface area (Å²) in [6.45, 7) is 1.87. The Kier molecular flexibility index (Phi) is 5.91. The first kappa shape index (κ1) is 22.7. The summed E-state index contributed by atoms with van der Waals surface area (Å²) in [5.41, 5.74) is 2.79. The number of aromatic nitrogens is 3. The number of halogens is 1. The van der Waals surface area contributed by atoms with E-state index in [2.05, 4.69) is 25.4 Å². The van der Waals surface area contributed by atoms with E-state index in [1.165, 1.54) is 6.07 Å².